The zero-order chi connectivity index (χ0) is 14.0. The average Bonchev–Trinajstić information content (AvgIpc) is 2.25. The minimum Gasteiger partial charge on any atom is -0.382 e. The van der Waals surface area contributed by atoms with Gasteiger partial charge in [0.05, 0.1) is 5.69 Å². The third-order valence-electron chi connectivity index (χ3n) is 2.41. The number of anilines is 2. The zero-order valence-corrected chi connectivity index (χ0v) is 10.6. The van der Waals surface area contributed by atoms with Crippen LogP contribution in [0.2, 0.25) is 0 Å². The summed E-state index contributed by atoms with van der Waals surface area (Å²) in [6, 6.07) is 5.72. The molecule has 1 aromatic heterocycles. The van der Waals surface area contributed by atoms with Crippen LogP contribution in [-0.2, 0) is 0 Å². The first-order valence-electron chi connectivity index (χ1n) is 5.61. The molecule has 0 saturated heterocycles. The summed E-state index contributed by atoms with van der Waals surface area (Å²) in [6.07, 6.45) is 0. The Balaban J connectivity index is 2.41. The van der Waals surface area contributed by atoms with Gasteiger partial charge in [-0.15, -0.1) is 5.11 Å². The quantitative estimate of drug-likeness (QED) is 0.712. The Morgan fingerprint density at radius 2 is 1.74 bits per heavy atom. The smallest absolute Gasteiger partial charge is 0.282 e. The number of H-pyrrole nitrogens is 1. The number of nitrogens with two attached hydrogens (primary N) is 2. The number of hydrogen-bond donors (Lipinski definition) is 3. The molecule has 0 saturated carbocycles. The van der Waals surface area contributed by atoms with Crippen molar-refractivity contribution in [1.82, 2.24) is 9.97 Å². The Hall–Kier alpha value is -2.70. The van der Waals surface area contributed by atoms with E-state index in [0.717, 1.165) is 11.1 Å². The number of nitrogens with one attached hydrogen (secondary N) is 1. The summed E-state index contributed by atoms with van der Waals surface area (Å²) >= 11 is 0. The van der Waals surface area contributed by atoms with E-state index in [-0.39, 0.29) is 17.5 Å². The predicted molar refractivity (Wildman–Crippen MR) is 73.8 cm³/mol. The molecular weight excluding hydrogens is 244 g/mol. The van der Waals surface area contributed by atoms with Gasteiger partial charge in [-0.2, -0.15) is 10.1 Å². The number of rotatable bonds is 2. The number of aryl methyl sites for hydroxylation is 2. The minimum absolute atomic E-state index is 0.0469. The lowest BCUT2D eigenvalue weighted by atomic mass is 10.1. The van der Waals surface area contributed by atoms with E-state index in [0.29, 0.717) is 5.69 Å². The highest BCUT2D eigenvalue weighted by molar-refractivity contribution is 5.57. The van der Waals surface area contributed by atoms with Crippen molar-refractivity contribution in [2.75, 3.05) is 11.5 Å². The minimum atomic E-state index is -0.516. The first kappa shape index (κ1) is 12.7. The Labute approximate surface area is 109 Å². The van der Waals surface area contributed by atoms with Crippen molar-refractivity contribution in [3.05, 3.63) is 39.7 Å². The van der Waals surface area contributed by atoms with E-state index in [1.54, 1.807) is 0 Å². The van der Waals surface area contributed by atoms with Crippen LogP contribution in [0.5, 0.6) is 0 Å². The maximum absolute atomic E-state index is 11.6. The normalized spacial score (nSPS) is 11.1. The van der Waals surface area contributed by atoms with Crippen molar-refractivity contribution in [2.45, 2.75) is 13.8 Å². The molecular formula is C12H14N6O. The molecule has 0 spiro atoms. The Bertz CT molecular complexity index is 684. The molecule has 2 rings (SSSR count). The molecule has 2 aromatic rings. The average molecular weight is 258 g/mol. The Morgan fingerprint density at radius 1 is 1.11 bits per heavy atom. The molecule has 0 aliphatic heterocycles. The molecule has 98 valence electrons. The maximum atomic E-state index is 11.6. The van der Waals surface area contributed by atoms with Crippen LogP contribution in [0.25, 0.3) is 0 Å². The van der Waals surface area contributed by atoms with Crippen molar-refractivity contribution in [1.29, 1.82) is 0 Å². The molecule has 19 heavy (non-hydrogen) atoms. The summed E-state index contributed by atoms with van der Waals surface area (Å²) in [7, 11) is 0. The summed E-state index contributed by atoms with van der Waals surface area (Å²) in [6.45, 7) is 3.91. The number of aromatic amines is 1. The summed E-state index contributed by atoms with van der Waals surface area (Å²) in [4.78, 5) is 17.7. The number of nitrogen functional groups attached to an aromatic ring is 2. The van der Waals surface area contributed by atoms with E-state index in [9.17, 15) is 4.79 Å². The largest absolute Gasteiger partial charge is 0.382 e. The van der Waals surface area contributed by atoms with Gasteiger partial charge in [-0.1, -0.05) is 6.07 Å². The molecule has 0 aliphatic rings. The van der Waals surface area contributed by atoms with Crippen LogP contribution in [0.4, 0.5) is 23.1 Å². The van der Waals surface area contributed by atoms with E-state index < -0.39 is 5.56 Å². The van der Waals surface area contributed by atoms with Gasteiger partial charge in [0.15, 0.2) is 11.5 Å². The lowest BCUT2D eigenvalue weighted by molar-refractivity contribution is 1.10. The second-order valence-corrected chi connectivity index (χ2v) is 4.23. The molecule has 7 nitrogen and oxygen atoms in total. The van der Waals surface area contributed by atoms with Crippen molar-refractivity contribution in [3.63, 3.8) is 0 Å². The number of azo groups is 1. The fourth-order valence-corrected chi connectivity index (χ4v) is 1.72. The van der Waals surface area contributed by atoms with Crippen LogP contribution in [0.1, 0.15) is 11.1 Å². The fourth-order valence-electron chi connectivity index (χ4n) is 1.72. The van der Waals surface area contributed by atoms with E-state index in [1.807, 2.05) is 32.0 Å². The highest BCUT2D eigenvalue weighted by atomic mass is 16.1. The highest BCUT2D eigenvalue weighted by Crippen LogP contribution is 2.21. The molecule has 0 aliphatic carbocycles. The zero-order valence-electron chi connectivity index (χ0n) is 10.6. The molecule has 0 unspecified atom stereocenters. The molecule has 7 heteroatoms. The van der Waals surface area contributed by atoms with Gasteiger partial charge in [0.25, 0.3) is 5.56 Å². The lowest BCUT2D eigenvalue weighted by Gasteiger charge is -2.00. The first-order chi connectivity index (χ1) is 8.95. The van der Waals surface area contributed by atoms with Crippen molar-refractivity contribution in [2.24, 2.45) is 10.2 Å². The fraction of sp³-hybridized carbons (Fsp3) is 0.167. The van der Waals surface area contributed by atoms with E-state index in [2.05, 4.69) is 20.2 Å². The monoisotopic (exact) mass is 258 g/mol. The van der Waals surface area contributed by atoms with Gasteiger partial charge >= 0.3 is 0 Å². The maximum Gasteiger partial charge on any atom is 0.282 e. The first-order valence-corrected chi connectivity index (χ1v) is 5.61. The number of hydrogen-bond acceptors (Lipinski definition) is 6. The van der Waals surface area contributed by atoms with E-state index >= 15 is 0 Å². The van der Waals surface area contributed by atoms with E-state index in [4.69, 9.17) is 11.5 Å². The van der Waals surface area contributed by atoms with Crippen LogP contribution in [0, 0.1) is 13.8 Å². The molecule has 0 bridgehead atoms. The highest BCUT2D eigenvalue weighted by Gasteiger charge is 2.06. The Morgan fingerprint density at radius 3 is 2.32 bits per heavy atom. The predicted octanol–water partition coefficient (Wildman–Crippen LogP) is 1.97. The van der Waals surface area contributed by atoms with Gasteiger partial charge in [0.2, 0.25) is 5.95 Å². The number of benzene rings is 1. The number of aromatic nitrogens is 2. The van der Waals surface area contributed by atoms with Gasteiger partial charge in [-0.25, -0.2) is 0 Å². The molecule has 0 radical (unpaired) electrons. The van der Waals surface area contributed by atoms with Crippen molar-refractivity contribution < 1.29 is 0 Å². The van der Waals surface area contributed by atoms with Gasteiger partial charge in [-0.3, -0.25) is 9.78 Å². The van der Waals surface area contributed by atoms with Gasteiger partial charge in [0.1, 0.15) is 0 Å². The molecule has 5 N–H and O–H groups in total. The SMILES string of the molecule is Cc1cc(C)cc(N=Nc2c(N)nc(N)[nH]c2=O)c1. The van der Waals surface area contributed by atoms with Crippen molar-refractivity contribution in [3.8, 4) is 0 Å². The molecule has 0 amide bonds. The topological polar surface area (TPSA) is 123 Å². The summed E-state index contributed by atoms with van der Waals surface area (Å²) in [5.41, 5.74) is 13.1. The summed E-state index contributed by atoms with van der Waals surface area (Å²) in [5.74, 6) is -0.0952. The molecule has 1 aromatic carbocycles. The standard InChI is InChI=1S/C12H14N6O/c1-6-3-7(2)5-8(4-6)17-18-9-10(13)15-12(14)16-11(9)19/h3-5H,1-2H3,(H5,13,14,15,16,19). The second kappa shape index (κ2) is 4.89. The third-order valence-corrected chi connectivity index (χ3v) is 2.41. The molecule has 0 fully saturated rings. The second-order valence-electron chi connectivity index (χ2n) is 4.23. The van der Waals surface area contributed by atoms with Crippen LogP contribution >= 0.6 is 0 Å². The van der Waals surface area contributed by atoms with Crippen LogP contribution in [0.3, 0.4) is 0 Å². The van der Waals surface area contributed by atoms with Crippen LogP contribution in [-0.4, -0.2) is 9.97 Å². The number of nitrogens with zero attached hydrogens (tertiary/aromatic N) is 3. The van der Waals surface area contributed by atoms with Crippen molar-refractivity contribution >= 4 is 23.1 Å². The molecule has 0 atom stereocenters. The van der Waals surface area contributed by atoms with Crippen LogP contribution in [0.15, 0.2) is 33.2 Å². The van der Waals surface area contributed by atoms with Gasteiger partial charge in [-0.05, 0) is 37.1 Å². The summed E-state index contributed by atoms with van der Waals surface area (Å²) < 4.78 is 0. The Kier molecular flexibility index (Phi) is 3.28. The lowest BCUT2D eigenvalue weighted by Crippen LogP contribution is -2.12. The van der Waals surface area contributed by atoms with Gasteiger partial charge < -0.3 is 11.5 Å². The molecule has 1 heterocycles. The third kappa shape index (κ3) is 2.95. The van der Waals surface area contributed by atoms with Gasteiger partial charge in [0, 0.05) is 0 Å². The van der Waals surface area contributed by atoms with E-state index in [1.165, 1.54) is 0 Å². The summed E-state index contributed by atoms with van der Waals surface area (Å²) in [5, 5.41) is 7.83. The van der Waals surface area contributed by atoms with Crippen LogP contribution < -0.4 is 17.0 Å².